The average Bonchev–Trinajstić information content (AvgIpc) is 2.63. The molecule has 0 aliphatic heterocycles. The second kappa shape index (κ2) is 12.4. The molecule has 1 aliphatic rings. The van der Waals surface area contributed by atoms with E-state index in [1.807, 2.05) is 6.92 Å². The lowest BCUT2D eigenvalue weighted by molar-refractivity contribution is -0.137. The monoisotopic (exact) mass is 530 g/mol. The van der Waals surface area contributed by atoms with E-state index in [2.05, 4.69) is 20.6 Å². The third kappa shape index (κ3) is 8.53. The first-order chi connectivity index (χ1) is 13.4. The standard InChI is InChI=1S/C19H29F3N4O2.HI/c1-3-23-17(26-14-18(7-4-8-18)9-11-27-2)24-10-12-28-16-6-5-15(13-25-16)19(20,21)22;/h5-6,13H,3-4,7-12,14H2,1-2H3,(H2,23,24,26);1H. The molecule has 1 aromatic rings. The summed E-state index contributed by atoms with van der Waals surface area (Å²) in [6.07, 6.45) is 0.952. The summed E-state index contributed by atoms with van der Waals surface area (Å²) in [6.45, 7) is 4.93. The number of nitrogens with one attached hydrogen (secondary N) is 2. The number of ether oxygens (including phenoxy) is 2. The highest BCUT2D eigenvalue weighted by atomic mass is 127. The summed E-state index contributed by atoms with van der Waals surface area (Å²) < 4.78 is 48.2. The zero-order valence-corrected chi connectivity index (χ0v) is 19.2. The molecule has 1 aliphatic carbocycles. The number of halogens is 4. The molecule has 166 valence electrons. The molecule has 0 spiro atoms. The Labute approximate surface area is 187 Å². The van der Waals surface area contributed by atoms with Crippen molar-refractivity contribution in [1.82, 2.24) is 15.6 Å². The van der Waals surface area contributed by atoms with Gasteiger partial charge in [0.05, 0.1) is 12.1 Å². The van der Waals surface area contributed by atoms with Gasteiger partial charge in [0.25, 0.3) is 0 Å². The number of hydrogen-bond donors (Lipinski definition) is 2. The van der Waals surface area contributed by atoms with Gasteiger partial charge in [0.15, 0.2) is 5.96 Å². The summed E-state index contributed by atoms with van der Waals surface area (Å²) in [5.74, 6) is 0.861. The van der Waals surface area contributed by atoms with Crippen LogP contribution in [0.15, 0.2) is 23.3 Å². The normalized spacial score (nSPS) is 15.8. The summed E-state index contributed by atoms with van der Waals surface area (Å²) in [6, 6.07) is 2.18. The average molecular weight is 530 g/mol. The van der Waals surface area contributed by atoms with Gasteiger partial charge in [-0.25, -0.2) is 4.98 Å². The molecule has 1 aromatic heterocycles. The van der Waals surface area contributed by atoms with Crippen molar-refractivity contribution in [3.05, 3.63) is 23.9 Å². The third-order valence-corrected chi connectivity index (χ3v) is 4.88. The van der Waals surface area contributed by atoms with Gasteiger partial charge >= 0.3 is 6.18 Å². The summed E-state index contributed by atoms with van der Waals surface area (Å²) >= 11 is 0. The Morgan fingerprint density at radius 1 is 1.24 bits per heavy atom. The molecule has 1 fully saturated rings. The fraction of sp³-hybridized carbons (Fsp3) is 0.684. The van der Waals surface area contributed by atoms with Crippen molar-refractivity contribution in [2.24, 2.45) is 10.4 Å². The SMILES string of the molecule is CCNC(=NCC1(CCOC)CCC1)NCCOc1ccc(C(F)(F)F)cn1.I. The molecule has 10 heteroatoms. The fourth-order valence-electron chi connectivity index (χ4n) is 3.03. The van der Waals surface area contributed by atoms with Crippen LogP contribution >= 0.6 is 24.0 Å². The van der Waals surface area contributed by atoms with Crippen LogP contribution in [0.3, 0.4) is 0 Å². The maximum absolute atomic E-state index is 12.5. The van der Waals surface area contributed by atoms with Crippen LogP contribution in [0.1, 0.15) is 38.2 Å². The minimum atomic E-state index is -4.40. The van der Waals surface area contributed by atoms with E-state index in [4.69, 9.17) is 9.47 Å². The molecule has 0 unspecified atom stereocenters. The first kappa shape index (κ1) is 25.7. The van der Waals surface area contributed by atoms with E-state index in [1.54, 1.807) is 7.11 Å². The summed E-state index contributed by atoms with van der Waals surface area (Å²) in [5, 5.41) is 6.37. The number of hydrogen-bond acceptors (Lipinski definition) is 4. The lowest BCUT2D eigenvalue weighted by atomic mass is 9.67. The van der Waals surface area contributed by atoms with Gasteiger partial charge in [0, 0.05) is 39.1 Å². The summed E-state index contributed by atoms with van der Waals surface area (Å²) in [7, 11) is 1.72. The Morgan fingerprint density at radius 3 is 2.52 bits per heavy atom. The van der Waals surface area contributed by atoms with E-state index in [0.717, 1.165) is 38.4 Å². The molecule has 29 heavy (non-hydrogen) atoms. The van der Waals surface area contributed by atoms with Crippen molar-refractivity contribution < 1.29 is 22.6 Å². The van der Waals surface area contributed by atoms with E-state index in [0.29, 0.717) is 12.5 Å². The largest absolute Gasteiger partial charge is 0.476 e. The van der Waals surface area contributed by atoms with Crippen molar-refractivity contribution in [1.29, 1.82) is 0 Å². The number of aliphatic imine (C=N–C) groups is 1. The highest BCUT2D eigenvalue weighted by Crippen LogP contribution is 2.44. The van der Waals surface area contributed by atoms with Gasteiger partial charge in [-0.05, 0) is 37.7 Å². The number of guanidine groups is 1. The Balaban J connectivity index is 0.00000420. The Hall–Kier alpha value is -1.30. The van der Waals surface area contributed by atoms with Crippen molar-refractivity contribution >= 4 is 29.9 Å². The van der Waals surface area contributed by atoms with Crippen LogP contribution in [-0.4, -0.2) is 50.9 Å². The summed E-state index contributed by atoms with van der Waals surface area (Å²) in [4.78, 5) is 8.37. The number of aromatic nitrogens is 1. The van der Waals surface area contributed by atoms with Crippen molar-refractivity contribution in [3.8, 4) is 5.88 Å². The minimum absolute atomic E-state index is 0. The van der Waals surface area contributed by atoms with Crippen molar-refractivity contribution in [2.75, 3.05) is 40.0 Å². The van der Waals surface area contributed by atoms with Crippen molar-refractivity contribution in [2.45, 2.75) is 38.8 Å². The molecule has 0 bridgehead atoms. The highest BCUT2D eigenvalue weighted by molar-refractivity contribution is 14.0. The van der Waals surface area contributed by atoms with Gasteiger partial charge in [-0.2, -0.15) is 13.2 Å². The van der Waals surface area contributed by atoms with Gasteiger partial charge in [0.1, 0.15) is 6.61 Å². The van der Waals surface area contributed by atoms with Crippen LogP contribution in [-0.2, 0) is 10.9 Å². The lowest BCUT2D eigenvalue weighted by Gasteiger charge is -2.40. The van der Waals surface area contributed by atoms with Crippen LogP contribution in [0.2, 0.25) is 0 Å². The van der Waals surface area contributed by atoms with E-state index in [1.165, 1.54) is 25.3 Å². The number of alkyl halides is 3. The van der Waals surface area contributed by atoms with E-state index in [9.17, 15) is 13.2 Å². The second-order valence-corrected chi connectivity index (χ2v) is 6.95. The Morgan fingerprint density at radius 2 is 2.00 bits per heavy atom. The van der Waals surface area contributed by atoms with Crippen LogP contribution in [0.5, 0.6) is 5.88 Å². The maximum atomic E-state index is 12.5. The van der Waals surface area contributed by atoms with Gasteiger partial charge in [-0.1, -0.05) is 6.42 Å². The molecule has 0 radical (unpaired) electrons. The lowest BCUT2D eigenvalue weighted by Crippen LogP contribution is -2.41. The molecule has 6 nitrogen and oxygen atoms in total. The third-order valence-electron chi connectivity index (χ3n) is 4.88. The quantitative estimate of drug-likeness (QED) is 0.208. The van der Waals surface area contributed by atoms with Crippen LogP contribution < -0.4 is 15.4 Å². The zero-order chi connectivity index (χ0) is 20.5. The van der Waals surface area contributed by atoms with Gasteiger partial charge in [-0.15, -0.1) is 24.0 Å². The molecule has 2 N–H and O–H groups in total. The van der Waals surface area contributed by atoms with Gasteiger partial charge in [0.2, 0.25) is 5.88 Å². The predicted molar refractivity (Wildman–Crippen MR) is 117 cm³/mol. The first-order valence-corrected chi connectivity index (χ1v) is 9.56. The molecule has 0 aromatic carbocycles. The predicted octanol–water partition coefficient (Wildman–Crippen LogP) is 3.86. The number of rotatable bonds is 10. The van der Waals surface area contributed by atoms with Crippen LogP contribution in [0.4, 0.5) is 13.2 Å². The molecule has 0 atom stereocenters. The topological polar surface area (TPSA) is 67.8 Å². The van der Waals surface area contributed by atoms with Gasteiger partial charge in [-0.3, -0.25) is 4.99 Å². The molecular formula is C19H30F3IN4O2. The van der Waals surface area contributed by atoms with E-state index in [-0.39, 0.29) is 41.9 Å². The van der Waals surface area contributed by atoms with E-state index >= 15 is 0 Å². The molecule has 2 rings (SSSR count). The molecular weight excluding hydrogens is 500 g/mol. The second-order valence-electron chi connectivity index (χ2n) is 6.95. The number of methoxy groups -OCH3 is 1. The van der Waals surface area contributed by atoms with Gasteiger partial charge < -0.3 is 20.1 Å². The smallest absolute Gasteiger partial charge is 0.417 e. The number of pyridine rings is 1. The maximum Gasteiger partial charge on any atom is 0.417 e. The Kier molecular flexibility index (Phi) is 11.0. The molecule has 0 saturated heterocycles. The van der Waals surface area contributed by atoms with Crippen LogP contribution in [0.25, 0.3) is 0 Å². The first-order valence-electron chi connectivity index (χ1n) is 9.56. The molecule has 0 amide bonds. The van der Waals surface area contributed by atoms with E-state index < -0.39 is 11.7 Å². The van der Waals surface area contributed by atoms with Crippen molar-refractivity contribution in [3.63, 3.8) is 0 Å². The summed E-state index contributed by atoms with van der Waals surface area (Å²) in [5.41, 5.74) is -0.558. The minimum Gasteiger partial charge on any atom is -0.476 e. The fourth-order valence-corrected chi connectivity index (χ4v) is 3.03. The Bertz CT molecular complexity index is 623. The molecule has 1 heterocycles. The number of nitrogens with zero attached hydrogens (tertiary/aromatic N) is 2. The molecule has 1 saturated carbocycles. The van der Waals surface area contributed by atoms with Crippen LogP contribution in [0, 0.1) is 5.41 Å². The highest BCUT2D eigenvalue weighted by Gasteiger charge is 2.36. The zero-order valence-electron chi connectivity index (χ0n) is 16.8.